The summed E-state index contributed by atoms with van der Waals surface area (Å²) < 4.78 is 13.0. The Morgan fingerprint density at radius 3 is 2.31 bits per heavy atom. The van der Waals surface area contributed by atoms with Crippen LogP contribution in [-0.2, 0) is 19.4 Å². The van der Waals surface area contributed by atoms with Crippen molar-refractivity contribution in [1.29, 1.82) is 0 Å². The van der Waals surface area contributed by atoms with Crippen molar-refractivity contribution in [1.82, 2.24) is 15.2 Å². The van der Waals surface area contributed by atoms with Crippen molar-refractivity contribution in [3.63, 3.8) is 0 Å². The van der Waals surface area contributed by atoms with Crippen LogP contribution in [0.1, 0.15) is 30.5 Å². The van der Waals surface area contributed by atoms with E-state index in [4.69, 9.17) is 0 Å². The summed E-state index contributed by atoms with van der Waals surface area (Å²) in [5.74, 6) is 0.814. The van der Waals surface area contributed by atoms with Crippen LogP contribution in [0, 0.1) is 5.82 Å². The molecule has 2 N–H and O–H groups in total. The molecule has 26 heavy (non-hydrogen) atoms. The minimum atomic E-state index is -0.245. The Bertz CT molecular complexity index is 842. The second-order valence-electron chi connectivity index (χ2n) is 5.93. The molecule has 0 spiro atoms. The zero-order chi connectivity index (χ0) is 18.4. The first-order valence-electron chi connectivity index (χ1n) is 8.75. The number of hydrogen-bond donors (Lipinski definition) is 2. The lowest BCUT2D eigenvalue weighted by molar-refractivity contribution is 0.627. The van der Waals surface area contributed by atoms with E-state index >= 15 is 0 Å². The maximum absolute atomic E-state index is 13.0. The Morgan fingerprint density at radius 1 is 0.962 bits per heavy atom. The summed E-state index contributed by atoms with van der Waals surface area (Å²) in [6, 6.07) is 12.6. The summed E-state index contributed by atoms with van der Waals surface area (Å²) in [5, 5.41) is 14.6. The Morgan fingerprint density at radius 2 is 1.65 bits per heavy atom. The topological polar surface area (TPSA) is 62.7 Å². The van der Waals surface area contributed by atoms with Gasteiger partial charge in [-0.15, -0.1) is 5.10 Å². The molecule has 0 aliphatic carbocycles. The minimum Gasteiger partial charge on any atom is -0.365 e. The van der Waals surface area contributed by atoms with Gasteiger partial charge in [-0.25, -0.2) is 4.39 Å². The first-order valence-corrected chi connectivity index (χ1v) is 8.75. The number of aryl methyl sites for hydroxylation is 2. The molecule has 0 bridgehead atoms. The molecule has 1 heterocycles. The second-order valence-corrected chi connectivity index (χ2v) is 5.93. The first-order chi connectivity index (χ1) is 12.7. The molecule has 2 aromatic carbocycles. The van der Waals surface area contributed by atoms with E-state index in [2.05, 4.69) is 57.9 Å². The highest BCUT2D eigenvalue weighted by Gasteiger charge is 2.09. The number of para-hydroxylation sites is 1. The van der Waals surface area contributed by atoms with Crippen molar-refractivity contribution >= 4 is 17.5 Å². The van der Waals surface area contributed by atoms with Gasteiger partial charge in [0.15, 0.2) is 5.82 Å². The third-order valence-electron chi connectivity index (χ3n) is 4.18. The highest BCUT2D eigenvalue weighted by molar-refractivity contribution is 5.64. The van der Waals surface area contributed by atoms with Gasteiger partial charge >= 0.3 is 0 Å². The number of anilines is 3. The molecule has 134 valence electrons. The Labute approximate surface area is 152 Å². The van der Waals surface area contributed by atoms with Crippen LogP contribution in [0.25, 0.3) is 0 Å². The van der Waals surface area contributed by atoms with E-state index < -0.39 is 0 Å². The lowest BCUT2D eigenvalue weighted by Gasteiger charge is -2.14. The Kier molecular flexibility index (Phi) is 5.73. The predicted molar refractivity (Wildman–Crippen MR) is 102 cm³/mol. The maximum atomic E-state index is 13.0. The Balaban J connectivity index is 1.74. The molecule has 0 saturated carbocycles. The number of rotatable bonds is 7. The molecule has 0 unspecified atom stereocenters. The van der Waals surface area contributed by atoms with E-state index in [1.807, 2.05) is 0 Å². The molecule has 3 aromatic rings. The van der Waals surface area contributed by atoms with Gasteiger partial charge in [0.1, 0.15) is 5.82 Å². The maximum Gasteiger partial charge on any atom is 0.249 e. The number of aromatic nitrogens is 3. The first kappa shape index (κ1) is 17.8. The van der Waals surface area contributed by atoms with Crippen LogP contribution < -0.4 is 10.6 Å². The van der Waals surface area contributed by atoms with Gasteiger partial charge in [-0.1, -0.05) is 44.2 Å². The van der Waals surface area contributed by atoms with E-state index in [1.165, 1.54) is 23.3 Å². The molecule has 0 atom stereocenters. The number of nitrogens with one attached hydrogen (secondary N) is 2. The van der Waals surface area contributed by atoms with E-state index in [9.17, 15) is 4.39 Å². The normalized spacial score (nSPS) is 10.6. The van der Waals surface area contributed by atoms with Crippen LogP contribution in [0.15, 0.2) is 48.7 Å². The molecule has 0 fully saturated rings. The van der Waals surface area contributed by atoms with Gasteiger partial charge in [0, 0.05) is 12.2 Å². The zero-order valence-electron chi connectivity index (χ0n) is 15.0. The highest BCUT2D eigenvalue weighted by Crippen LogP contribution is 2.25. The van der Waals surface area contributed by atoms with Crippen LogP contribution in [0.2, 0.25) is 0 Å². The van der Waals surface area contributed by atoms with Gasteiger partial charge in [-0.3, -0.25) is 0 Å². The molecular formula is C20H22FN5. The van der Waals surface area contributed by atoms with Crippen LogP contribution in [0.5, 0.6) is 0 Å². The standard InChI is InChI=1S/C20H22FN5/c1-3-15-6-5-7-16(4-2)19(15)25-20-24-18(13-23-26-20)22-12-14-8-10-17(21)11-9-14/h5-11,13H,3-4,12H2,1-2H3,(H2,22,24,25,26). The second kappa shape index (κ2) is 8.38. The molecule has 5 nitrogen and oxygen atoms in total. The molecule has 1 aromatic heterocycles. The van der Waals surface area contributed by atoms with Crippen molar-refractivity contribution in [2.24, 2.45) is 0 Å². The largest absolute Gasteiger partial charge is 0.365 e. The third-order valence-corrected chi connectivity index (χ3v) is 4.18. The van der Waals surface area contributed by atoms with Crippen molar-refractivity contribution in [2.75, 3.05) is 10.6 Å². The van der Waals surface area contributed by atoms with Crippen molar-refractivity contribution in [2.45, 2.75) is 33.2 Å². The van der Waals surface area contributed by atoms with Gasteiger partial charge in [-0.2, -0.15) is 10.1 Å². The lowest BCUT2D eigenvalue weighted by Crippen LogP contribution is -2.07. The lowest BCUT2D eigenvalue weighted by atomic mass is 10.0. The monoisotopic (exact) mass is 351 g/mol. The number of hydrogen-bond acceptors (Lipinski definition) is 5. The van der Waals surface area contributed by atoms with Crippen molar-refractivity contribution in [3.8, 4) is 0 Å². The molecule has 0 amide bonds. The summed E-state index contributed by atoms with van der Waals surface area (Å²) >= 11 is 0. The fourth-order valence-corrected chi connectivity index (χ4v) is 2.75. The average Bonchev–Trinajstić information content (AvgIpc) is 2.68. The average molecular weight is 351 g/mol. The van der Waals surface area contributed by atoms with Crippen LogP contribution in [0.3, 0.4) is 0 Å². The summed E-state index contributed by atoms with van der Waals surface area (Å²) in [6.45, 7) is 4.78. The van der Waals surface area contributed by atoms with Gasteiger partial charge in [-0.05, 0) is 41.7 Å². The smallest absolute Gasteiger partial charge is 0.249 e. The quantitative estimate of drug-likeness (QED) is 0.657. The van der Waals surface area contributed by atoms with Gasteiger partial charge in [0.25, 0.3) is 0 Å². The van der Waals surface area contributed by atoms with Gasteiger partial charge in [0.05, 0.1) is 6.20 Å². The van der Waals surface area contributed by atoms with E-state index in [0.29, 0.717) is 18.3 Å². The molecule has 0 radical (unpaired) electrons. The molecule has 0 saturated heterocycles. The fourth-order valence-electron chi connectivity index (χ4n) is 2.75. The predicted octanol–water partition coefficient (Wildman–Crippen LogP) is 4.49. The number of nitrogens with zero attached hydrogens (tertiary/aromatic N) is 3. The van der Waals surface area contributed by atoms with Crippen LogP contribution in [0.4, 0.5) is 21.8 Å². The van der Waals surface area contributed by atoms with E-state index in [1.54, 1.807) is 18.3 Å². The van der Waals surface area contributed by atoms with E-state index in [0.717, 1.165) is 24.1 Å². The van der Waals surface area contributed by atoms with Gasteiger partial charge < -0.3 is 10.6 Å². The minimum absolute atomic E-state index is 0.245. The number of benzene rings is 2. The molecular weight excluding hydrogens is 329 g/mol. The third kappa shape index (κ3) is 4.33. The van der Waals surface area contributed by atoms with E-state index in [-0.39, 0.29) is 5.82 Å². The summed E-state index contributed by atoms with van der Waals surface area (Å²) in [5.41, 5.74) is 4.45. The van der Waals surface area contributed by atoms with Crippen LogP contribution >= 0.6 is 0 Å². The summed E-state index contributed by atoms with van der Waals surface area (Å²) in [6.07, 6.45) is 3.42. The molecule has 3 rings (SSSR count). The zero-order valence-corrected chi connectivity index (χ0v) is 15.0. The van der Waals surface area contributed by atoms with Crippen molar-refractivity contribution in [3.05, 3.63) is 71.2 Å². The fraction of sp³-hybridized carbons (Fsp3) is 0.250. The highest BCUT2D eigenvalue weighted by atomic mass is 19.1. The summed E-state index contributed by atoms with van der Waals surface area (Å²) in [7, 11) is 0. The van der Waals surface area contributed by atoms with Crippen molar-refractivity contribution < 1.29 is 4.39 Å². The summed E-state index contributed by atoms with van der Waals surface area (Å²) in [4.78, 5) is 4.48. The molecule has 6 heteroatoms. The Hall–Kier alpha value is -3.02. The number of halogens is 1. The molecule has 0 aliphatic heterocycles. The molecule has 0 aliphatic rings. The van der Waals surface area contributed by atoms with Gasteiger partial charge in [0.2, 0.25) is 5.95 Å². The SMILES string of the molecule is CCc1cccc(CC)c1Nc1nncc(NCc2ccc(F)cc2)n1. The van der Waals surface area contributed by atoms with Crippen LogP contribution in [-0.4, -0.2) is 15.2 Å².